The first-order chi connectivity index (χ1) is 12.2. The van der Waals surface area contributed by atoms with Crippen molar-refractivity contribution in [2.24, 2.45) is 0 Å². The van der Waals surface area contributed by atoms with Crippen molar-refractivity contribution >= 4 is 15.8 Å². The van der Waals surface area contributed by atoms with Gasteiger partial charge in [-0.1, -0.05) is 29.4 Å². The van der Waals surface area contributed by atoms with Crippen molar-refractivity contribution in [2.75, 3.05) is 12.9 Å². The second-order valence-electron chi connectivity index (χ2n) is 6.98. The van der Waals surface area contributed by atoms with Gasteiger partial charge in [0.1, 0.15) is 11.5 Å². The number of carbonyl (C=O) groups excluding carboxylic acids is 1. The van der Waals surface area contributed by atoms with Gasteiger partial charge in [0.15, 0.2) is 14.6 Å². The van der Waals surface area contributed by atoms with E-state index in [2.05, 4.69) is 17.3 Å². The fourth-order valence-corrected chi connectivity index (χ4v) is 3.61. The quantitative estimate of drug-likeness (QED) is 0.689. The highest BCUT2D eigenvalue weighted by atomic mass is 32.2. The molecule has 0 N–H and O–H groups in total. The summed E-state index contributed by atoms with van der Waals surface area (Å²) < 4.78 is 32.9. The lowest BCUT2D eigenvalue weighted by molar-refractivity contribution is -0.145. The smallest absolute Gasteiger partial charge is 0.327 e. The van der Waals surface area contributed by atoms with Gasteiger partial charge >= 0.3 is 5.97 Å². The van der Waals surface area contributed by atoms with Crippen molar-refractivity contribution in [3.63, 3.8) is 0 Å². The van der Waals surface area contributed by atoms with Crippen LogP contribution in [0.2, 0.25) is 0 Å². The zero-order valence-corrected chi connectivity index (χ0v) is 16.0. The molecule has 26 heavy (non-hydrogen) atoms. The minimum atomic E-state index is -3.71. The predicted octanol–water partition coefficient (Wildman–Crippen LogP) is 3.13. The number of hydrogen-bond acceptors (Lipinski definition) is 6. The lowest BCUT2D eigenvalue weighted by Gasteiger charge is -2.23. The number of rotatable bonds is 7. The van der Waals surface area contributed by atoms with Crippen LogP contribution in [0.1, 0.15) is 43.9 Å². The molecular weight excluding hydrogens is 354 g/mol. The molecule has 1 heterocycles. The Morgan fingerprint density at radius 3 is 2.50 bits per heavy atom. The van der Waals surface area contributed by atoms with Gasteiger partial charge in [-0.25, -0.2) is 8.42 Å². The lowest BCUT2D eigenvalue weighted by Crippen LogP contribution is -2.46. The van der Waals surface area contributed by atoms with E-state index in [1.807, 2.05) is 12.1 Å². The monoisotopic (exact) mass is 377 g/mol. The summed E-state index contributed by atoms with van der Waals surface area (Å²) in [5, 5.41) is 4.03. The van der Waals surface area contributed by atoms with Crippen LogP contribution in [0.25, 0.3) is 11.3 Å². The molecule has 1 aromatic heterocycles. The van der Waals surface area contributed by atoms with Crippen LogP contribution in [0.4, 0.5) is 0 Å². The molecule has 0 bridgehead atoms. The van der Waals surface area contributed by atoms with Crippen LogP contribution >= 0.6 is 0 Å². The first-order valence-corrected chi connectivity index (χ1v) is 10.6. The van der Waals surface area contributed by atoms with E-state index in [1.165, 1.54) is 25.3 Å². The Morgan fingerprint density at radius 2 is 1.96 bits per heavy atom. The van der Waals surface area contributed by atoms with E-state index in [0.29, 0.717) is 17.4 Å². The minimum Gasteiger partial charge on any atom is -0.465 e. The average molecular weight is 377 g/mol. The molecule has 6 nitrogen and oxygen atoms in total. The van der Waals surface area contributed by atoms with E-state index < -0.39 is 20.6 Å². The van der Waals surface area contributed by atoms with Crippen LogP contribution in [0.15, 0.2) is 34.9 Å². The zero-order valence-electron chi connectivity index (χ0n) is 15.2. The highest BCUT2D eigenvalue weighted by molar-refractivity contribution is 7.92. The van der Waals surface area contributed by atoms with E-state index in [4.69, 9.17) is 9.26 Å². The molecule has 3 rings (SSSR count). The van der Waals surface area contributed by atoms with Crippen molar-refractivity contribution in [1.82, 2.24) is 5.16 Å². The Bertz CT molecular complexity index is 896. The highest BCUT2D eigenvalue weighted by Crippen LogP contribution is 2.40. The van der Waals surface area contributed by atoms with Gasteiger partial charge in [0.2, 0.25) is 0 Å². The van der Waals surface area contributed by atoms with E-state index in [9.17, 15) is 13.2 Å². The Hall–Kier alpha value is -2.15. The predicted molar refractivity (Wildman–Crippen MR) is 97.5 cm³/mol. The van der Waals surface area contributed by atoms with Gasteiger partial charge < -0.3 is 9.26 Å². The van der Waals surface area contributed by atoms with Crippen LogP contribution in [-0.4, -0.2) is 37.2 Å². The molecular formula is C19H23NO5S. The summed E-state index contributed by atoms with van der Waals surface area (Å²) in [7, 11) is -3.71. The summed E-state index contributed by atoms with van der Waals surface area (Å²) in [5.41, 5.74) is 2.83. The number of hydrogen-bond donors (Lipinski definition) is 0. The van der Waals surface area contributed by atoms with E-state index in [1.54, 1.807) is 13.0 Å². The Balaban J connectivity index is 1.82. The summed E-state index contributed by atoms with van der Waals surface area (Å²) in [6.45, 7) is 3.10. The van der Waals surface area contributed by atoms with E-state index in [0.717, 1.165) is 11.8 Å². The fourth-order valence-electron chi connectivity index (χ4n) is 2.85. The average Bonchev–Trinajstić information content (AvgIpc) is 3.34. The van der Waals surface area contributed by atoms with Gasteiger partial charge in [-0.2, -0.15) is 0 Å². The first kappa shape index (κ1) is 18.6. The van der Waals surface area contributed by atoms with Crippen LogP contribution in [-0.2, 0) is 25.8 Å². The maximum atomic E-state index is 12.2. The molecule has 1 atom stereocenters. The van der Waals surface area contributed by atoms with Crippen molar-refractivity contribution in [1.29, 1.82) is 0 Å². The maximum Gasteiger partial charge on any atom is 0.327 e. The molecule has 7 heteroatoms. The molecule has 0 saturated heterocycles. The summed E-state index contributed by atoms with van der Waals surface area (Å²) >= 11 is 0. The SMILES string of the molecule is CCOC(=O)C(C)(Cc1cc(-c2ccc(C3CC3)cc2)no1)S(C)(=O)=O. The molecule has 1 aromatic carbocycles. The van der Waals surface area contributed by atoms with Crippen molar-refractivity contribution < 1.29 is 22.5 Å². The minimum absolute atomic E-state index is 0.110. The fraction of sp³-hybridized carbons (Fsp3) is 0.474. The number of ether oxygens (including phenoxy) is 1. The second kappa shape index (κ2) is 6.87. The van der Waals surface area contributed by atoms with E-state index >= 15 is 0 Å². The number of benzene rings is 1. The zero-order chi connectivity index (χ0) is 18.9. The standard InChI is InChI=1S/C19H23NO5S/c1-4-24-18(21)19(2,26(3,22)23)12-16-11-17(20-25-16)15-9-7-14(8-10-15)13-5-6-13/h7-11,13H,4-6,12H2,1-3H3. The Kier molecular flexibility index (Phi) is 4.92. The highest BCUT2D eigenvalue weighted by Gasteiger charge is 2.46. The molecule has 0 aliphatic heterocycles. The van der Waals surface area contributed by atoms with E-state index in [-0.39, 0.29) is 13.0 Å². The van der Waals surface area contributed by atoms with Gasteiger partial charge in [-0.05, 0) is 38.2 Å². The molecule has 0 radical (unpaired) electrons. The molecule has 0 amide bonds. The van der Waals surface area contributed by atoms with Gasteiger partial charge in [-0.3, -0.25) is 4.79 Å². The summed E-state index contributed by atoms with van der Waals surface area (Å²) in [5.74, 6) is 0.221. The number of aromatic nitrogens is 1. The topological polar surface area (TPSA) is 86.5 Å². The van der Waals surface area contributed by atoms with Gasteiger partial charge in [0.25, 0.3) is 0 Å². The normalized spacial score (nSPS) is 16.9. The van der Waals surface area contributed by atoms with Gasteiger partial charge in [0, 0.05) is 24.3 Å². The van der Waals surface area contributed by atoms with Crippen LogP contribution < -0.4 is 0 Å². The number of esters is 1. The van der Waals surface area contributed by atoms with Gasteiger partial charge in [-0.15, -0.1) is 0 Å². The first-order valence-electron chi connectivity index (χ1n) is 8.67. The van der Waals surface area contributed by atoms with Crippen LogP contribution in [0, 0.1) is 0 Å². The number of carbonyl (C=O) groups is 1. The van der Waals surface area contributed by atoms with Crippen LogP contribution in [0.3, 0.4) is 0 Å². The van der Waals surface area contributed by atoms with Crippen molar-refractivity contribution in [3.05, 3.63) is 41.7 Å². The third-order valence-corrected chi connectivity index (χ3v) is 6.80. The molecule has 140 valence electrons. The third kappa shape index (κ3) is 3.67. The molecule has 1 fully saturated rings. The molecule has 0 spiro atoms. The molecule has 2 aromatic rings. The Morgan fingerprint density at radius 1 is 1.31 bits per heavy atom. The molecule has 1 unspecified atom stereocenters. The summed E-state index contributed by atoms with van der Waals surface area (Å²) in [4.78, 5) is 12.2. The maximum absolute atomic E-state index is 12.2. The Labute approximate surface area is 153 Å². The number of nitrogens with zero attached hydrogens (tertiary/aromatic N) is 1. The largest absolute Gasteiger partial charge is 0.465 e. The second-order valence-corrected chi connectivity index (χ2v) is 9.42. The lowest BCUT2D eigenvalue weighted by atomic mass is 10.0. The summed E-state index contributed by atoms with van der Waals surface area (Å²) in [6.07, 6.45) is 3.38. The molecule has 1 aliphatic rings. The van der Waals surface area contributed by atoms with Crippen molar-refractivity contribution in [2.45, 2.75) is 43.8 Å². The van der Waals surface area contributed by atoms with Crippen molar-refractivity contribution in [3.8, 4) is 11.3 Å². The summed E-state index contributed by atoms with van der Waals surface area (Å²) in [6, 6.07) is 9.81. The van der Waals surface area contributed by atoms with Gasteiger partial charge in [0.05, 0.1) is 6.61 Å². The molecule has 1 aliphatic carbocycles. The van der Waals surface area contributed by atoms with Crippen LogP contribution in [0.5, 0.6) is 0 Å². The molecule has 1 saturated carbocycles. The third-order valence-electron chi connectivity index (χ3n) is 4.85. The number of sulfone groups is 1.